The van der Waals surface area contributed by atoms with Crippen LogP contribution in [0.25, 0.3) is 0 Å². The number of carbonyl (C=O) groups excluding carboxylic acids is 2. The Labute approximate surface area is 123 Å². The van der Waals surface area contributed by atoms with E-state index >= 15 is 0 Å². The van der Waals surface area contributed by atoms with Crippen LogP contribution >= 0.6 is 0 Å². The van der Waals surface area contributed by atoms with Gasteiger partial charge >= 0.3 is 6.03 Å². The van der Waals surface area contributed by atoms with Crippen LogP contribution in [0.2, 0.25) is 0 Å². The van der Waals surface area contributed by atoms with Crippen molar-refractivity contribution in [1.82, 2.24) is 10.4 Å². The summed E-state index contributed by atoms with van der Waals surface area (Å²) in [6.07, 6.45) is 1.16. The highest BCUT2D eigenvalue weighted by molar-refractivity contribution is 5.85. The molecule has 7 heteroatoms. The maximum atomic E-state index is 11.4. The van der Waals surface area contributed by atoms with Crippen LogP contribution in [-0.4, -0.2) is 35.5 Å². The molecule has 0 radical (unpaired) electrons. The van der Waals surface area contributed by atoms with Crippen molar-refractivity contribution in [3.63, 3.8) is 0 Å². The lowest BCUT2D eigenvalue weighted by Gasteiger charge is -2.36. The number of hydrogen-bond donors (Lipinski definition) is 3. The Kier molecular flexibility index (Phi) is 5.13. The van der Waals surface area contributed by atoms with Gasteiger partial charge in [0.2, 0.25) is 5.91 Å². The smallest absolute Gasteiger partial charge is 0.315 e. The number of carbonyl (C=O) groups is 2. The fraction of sp³-hybridized carbons (Fsp3) is 0.429. The van der Waals surface area contributed by atoms with Crippen molar-refractivity contribution >= 4 is 11.9 Å². The summed E-state index contributed by atoms with van der Waals surface area (Å²) in [5.74, 6) is -0.530. The third-order valence-electron chi connectivity index (χ3n) is 3.53. The number of likely N-dealkylation sites (tertiary alicyclic amines) is 1. The topological polar surface area (TPSA) is 111 Å². The highest BCUT2D eigenvalue weighted by atomic mass is 16.6. The summed E-state index contributed by atoms with van der Waals surface area (Å²) < 4.78 is 0. The summed E-state index contributed by atoms with van der Waals surface area (Å²) in [4.78, 5) is 29.4. The molecule has 0 spiro atoms. The number of primary amides is 2. The van der Waals surface area contributed by atoms with Crippen molar-refractivity contribution in [3.05, 3.63) is 35.9 Å². The molecule has 1 aliphatic rings. The monoisotopic (exact) mass is 292 g/mol. The summed E-state index contributed by atoms with van der Waals surface area (Å²) in [5.41, 5.74) is 14.5. The summed E-state index contributed by atoms with van der Waals surface area (Å²) in [6.45, 7) is 0.727. The summed E-state index contributed by atoms with van der Waals surface area (Å²) >= 11 is 0. The van der Waals surface area contributed by atoms with Gasteiger partial charge in [0.15, 0.2) is 0 Å². The molecule has 3 amide bonds. The average Bonchev–Trinajstić information content (AvgIpc) is 2.48. The van der Waals surface area contributed by atoms with Gasteiger partial charge < -0.3 is 16.4 Å². The van der Waals surface area contributed by atoms with E-state index in [9.17, 15) is 9.59 Å². The first-order chi connectivity index (χ1) is 10.1. The lowest BCUT2D eigenvalue weighted by molar-refractivity contribution is -0.124. The average molecular weight is 292 g/mol. The number of nitrogens with zero attached hydrogens (tertiary/aromatic N) is 1. The number of urea groups is 1. The minimum Gasteiger partial charge on any atom is -0.368 e. The lowest BCUT2D eigenvalue weighted by atomic mass is 9.99. The summed E-state index contributed by atoms with van der Waals surface area (Å²) in [6, 6.07) is 8.38. The third-order valence-corrected chi connectivity index (χ3v) is 3.53. The predicted molar refractivity (Wildman–Crippen MR) is 76.7 cm³/mol. The minimum atomic E-state index is -0.645. The van der Waals surface area contributed by atoms with Crippen LogP contribution in [0.4, 0.5) is 4.79 Å². The Morgan fingerprint density at radius 1 is 1.24 bits per heavy atom. The van der Waals surface area contributed by atoms with Gasteiger partial charge in [0.25, 0.3) is 0 Å². The van der Waals surface area contributed by atoms with Gasteiger partial charge in [0, 0.05) is 12.6 Å². The Morgan fingerprint density at radius 2 is 1.95 bits per heavy atom. The molecule has 7 nitrogen and oxygen atoms in total. The van der Waals surface area contributed by atoms with E-state index in [1.54, 1.807) is 0 Å². The molecule has 0 bridgehead atoms. The van der Waals surface area contributed by atoms with Gasteiger partial charge in [0.1, 0.15) is 6.04 Å². The largest absolute Gasteiger partial charge is 0.368 e. The van der Waals surface area contributed by atoms with Crippen molar-refractivity contribution in [3.8, 4) is 0 Å². The molecular formula is C14H20N4O3. The number of amides is 3. The van der Waals surface area contributed by atoms with E-state index in [2.05, 4.69) is 5.48 Å². The van der Waals surface area contributed by atoms with E-state index in [4.69, 9.17) is 16.3 Å². The molecule has 1 fully saturated rings. The number of hydrogen-bond acceptors (Lipinski definition) is 4. The van der Waals surface area contributed by atoms with E-state index in [0.717, 1.165) is 5.56 Å². The SMILES string of the molecule is NC(=O)[C@@H]1CC[C@@H](NOCc2ccccc2)CN1C(N)=O. The van der Waals surface area contributed by atoms with Crippen LogP contribution in [0.15, 0.2) is 30.3 Å². The molecule has 114 valence electrons. The van der Waals surface area contributed by atoms with Crippen molar-refractivity contribution in [2.24, 2.45) is 11.5 Å². The van der Waals surface area contributed by atoms with Crippen LogP contribution in [-0.2, 0) is 16.2 Å². The molecule has 0 saturated carbocycles. The minimum absolute atomic E-state index is 0.0724. The molecule has 21 heavy (non-hydrogen) atoms. The van der Waals surface area contributed by atoms with Gasteiger partial charge in [-0.05, 0) is 18.4 Å². The second-order valence-electron chi connectivity index (χ2n) is 5.08. The van der Waals surface area contributed by atoms with Gasteiger partial charge in [0.05, 0.1) is 6.61 Å². The Hall–Kier alpha value is -2.12. The fourth-order valence-electron chi connectivity index (χ4n) is 2.42. The summed E-state index contributed by atoms with van der Waals surface area (Å²) in [5, 5.41) is 0. The van der Waals surface area contributed by atoms with Gasteiger partial charge in [-0.2, -0.15) is 5.48 Å². The number of benzene rings is 1. The summed E-state index contributed by atoms with van der Waals surface area (Å²) in [7, 11) is 0. The number of nitrogens with one attached hydrogen (secondary N) is 1. The molecule has 1 heterocycles. The van der Waals surface area contributed by atoms with E-state index in [0.29, 0.717) is 26.0 Å². The quantitative estimate of drug-likeness (QED) is 0.669. The second-order valence-corrected chi connectivity index (χ2v) is 5.08. The molecule has 1 saturated heterocycles. The van der Waals surface area contributed by atoms with Crippen LogP contribution in [0.3, 0.4) is 0 Å². The van der Waals surface area contributed by atoms with Crippen molar-refractivity contribution in [2.75, 3.05) is 6.54 Å². The Bertz CT molecular complexity index is 494. The third kappa shape index (κ3) is 4.17. The molecule has 5 N–H and O–H groups in total. The lowest BCUT2D eigenvalue weighted by Crippen LogP contribution is -2.58. The molecule has 0 unspecified atom stereocenters. The fourth-order valence-corrected chi connectivity index (χ4v) is 2.42. The van der Waals surface area contributed by atoms with Crippen molar-refractivity contribution in [1.29, 1.82) is 0 Å². The molecule has 2 rings (SSSR count). The van der Waals surface area contributed by atoms with Crippen molar-refractivity contribution in [2.45, 2.75) is 31.5 Å². The zero-order valence-corrected chi connectivity index (χ0v) is 11.7. The van der Waals surface area contributed by atoms with Crippen molar-refractivity contribution < 1.29 is 14.4 Å². The first kappa shape index (κ1) is 15.3. The maximum absolute atomic E-state index is 11.4. The zero-order valence-electron chi connectivity index (χ0n) is 11.7. The van der Waals surface area contributed by atoms with E-state index in [1.165, 1.54) is 4.90 Å². The standard InChI is InChI=1S/C14H20N4O3/c15-13(19)12-7-6-11(8-18(12)14(16)20)17-21-9-10-4-2-1-3-5-10/h1-5,11-12,17H,6-9H2,(H2,15,19)(H2,16,20)/t11-,12+/m1/s1. The van der Waals surface area contributed by atoms with Gasteiger partial charge in [-0.15, -0.1) is 0 Å². The van der Waals surface area contributed by atoms with Gasteiger partial charge in [-0.3, -0.25) is 9.63 Å². The second kappa shape index (κ2) is 7.05. The van der Waals surface area contributed by atoms with Crippen LogP contribution in [0.1, 0.15) is 18.4 Å². The zero-order chi connectivity index (χ0) is 15.2. The molecule has 1 aromatic carbocycles. The highest BCUT2D eigenvalue weighted by Crippen LogP contribution is 2.17. The first-order valence-corrected chi connectivity index (χ1v) is 6.84. The number of hydroxylamine groups is 1. The molecule has 0 aliphatic carbocycles. The normalized spacial score (nSPS) is 22.0. The predicted octanol–water partition coefficient (Wildman–Crippen LogP) is 0.105. The van der Waals surface area contributed by atoms with E-state index in [-0.39, 0.29) is 6.04 Å². The van der Waals surface area contributed by atoms with Gasteiger partial charge in [-0.25, -0.2) is 4.79 Å². The maximum Gasteiger partial charge on any atom is 0.315 e. The van der Waals surface area contributed by atoms with E-state index in [1.807, 2.05) is 30.3 Å². The van der Waals surface area contributed by atoms with Crippen LogP contribution in [0.5, 0.6) is 0 Å². The molecule has 1 aliphatic heterocycles. The number of nitrogens with two attached hydrogens (primary N) is 2. The van der Waals surface area contributed by atoms with Gasteiger partial charge in [-0.1, -0.05) is 30.3 Å². The van der Waals surface area contributed by atoms with Crippen LogP contribution < -0.4 is 16.9 Å². The molecule has 1 aromatic rings. The van der Waals surface area contributed by atoms with E-state index < -0.39 is 18.0 Å². The highest BCUT2D eigenvalue weighted by Gasteiger charge is 2.33. The Balaban J connectivity index is 1.82. The molecular weight excluding hydrogens is 272 g/mol. The first-order valence-electron chi connectivity index (χ1n) is 6.84. The molecule has 2 atom stereocenters. The van der Waals surface area contributed by atoms with Crippen LogP contribution in [0, 0.1) is 0 Å². The molecule has 0 aromatic heterocycles. The Morgan fingerprint density at radius 3 is 2.57 bits per heavy atom. The number of rotatable bonds is 5. The number of piperidine rings is 1.